The number of amides is 2. The largest absolute Gasteiger partial charge is 0.444 e. The minimum absolute atomic E-state index is 0.0785. The lowest BCUT2D eigenvalue weighted by Gasteiger charge is -2.20. The molecule has 8 heteroatoms. The zero-order chi connectivity index (χ0) is 26.1. The van der Waals surface area contributed by atoms with Crippen LogP contribution in [-0.2, 0) is 9.53 Å². The highest BCUT2D eigenvalue weighted by Gasteiger charge is 2.19. The smallest absolute Gasteiger partial charge is 0.412 e. The van der Waals surface area contributed by atoms with E-state index in [0.717, 1.165) is 5.56 Å². The molecule has 0 aliphatic carbocycles. The number of aromatic nitrogens is 1. The number of pyridine rings is 1. The van der Waals surface area contributed by atoms with E-state index in [2.05, 4.69) is 27.5 Å². The Kier molecular flexibility index (Phi) is 8.17. The van der Waals surface area contributed by atoms with Crippen LogP contribution in [0.25, 0.3) is 0 Å². The molecule has 0 spiro atoms. The maximum Gasteiger partial charge on any atom is 0.412 e. The van der Waals surface area contributed by atoms with Crippen molar-refractivity contribution in [2.24, 2.45) is 0 Å². The van der Waals surface area contributed by atoms with Gasteiger partial charge >= 0.3 is 6.09 Å². The number of nitriles is 1. The number of nitrogens with one attached hydrogen (secondary N) is 2. The summed E-state index contributed by atoms with van der Waals surface area (Å²) in [6.45, 7) is 5.21. The first-order chi connectivity index (χ1) is 17.1. The molecule has 0 unspecified atom stereocenters. The van der Waals surface area contributed by atoms with Crippen LogP contribution in [-0.4, -0.2) is 28.4 Å². The zero-order valence-corrected chi connectivity index (χ0v) is 20.1. The number of hydrogen-bond donors (Lipinski definition) is 2. The van der Waals surface area contributed by atoms with Gasteiger partial charge in [-0.2, -0.15) is 5.26 Å². The van der Waals surface area contributed by atoms with E-state index in [1.807, 2.05) is 36.4 Å². The number of hydrogen-bond acceptors (Lipinski definition) is 6. The SMILES string of the molecule is CC(C)(C)OC(=O)Nc1ccc(C#Cc2ccccc2)cc1NC(=O)CC(=O)c1ccnc(C#N)c1. The second kappa shape index (κ2) is 11.5. The lowest BCUT2D eigenvalue weighted by molar-refractivity contribution is -0.115. The first-order valence-electron chi connectivity index (χ1n) is 11.0. The maximum absolute atomic E-state index is 12.7. The Hall–Kier alpha value is -4.95. The highest BCUT2D eigenvalue weighted by Crippen LogP contribution is 2.25. The molecule has 1 aromatic heterocycles. The van der Waals surface area contributed by atoms with Gasteiger partial charge in [0.25, 0.3) is 0 Å². The van der Waals surface area contributed by atoms with Crippen molar-refractivity contribution in [3.05, 3.63) is 89.2 Å². The van der Waals surface area contributed by atoms with Crippen LogP contribution in [0, 0.1) is 23.2 Å². The van der Waals surface area contributed by atoms with Crippen LogP contribution in [0.15, 0.2) is 66.9 Å². The van der Waals surface area contributed by atoms with E-state index in [-0.39, 0.29) is 22.6 Å². The van der Waals surface area contributed by atoms with E-state index in [1.54, 1.807) is 39.0 Å². The summed E-state index contributed by atoms with van der Waals surface area (Å²) in [5.74, 6) is 4.98. The predicted octanol–water partition coefficient (Wildman–Crippen LogP) is 4.91. The molecule has 36 heavy (non-hydrogen) atoms. The Morgan fingerprint density at radius 1 is 0.917 bits per heavy atom. The molecule has 180 valence electrons. The Labute approximate surface area is 209 Å². The minimum Gasteiger partial charge on any atom is -0.444 e. The van der Waals surface area contributed by atoms with Crippen LogP contribution >= 0.6 is 0 Å². The van der Waals surface area contributed by atoms with Crippen molar-refractivity contribution >= 4 is 29.2 Å². The molecule has 1 heterocycles. The summed E-state index contributed by atoms with van der Waals surface area (Å²) >= 11 is 0. The summed E-state index contributed by atoms with van der Waals surface area (Å²) in [6.07, 6.45) is 0.167. The van der Waals surface area contributed by atoms with Gasteiger partial charge in [0.15, 0.2) is 5.78 Å². The van der Waals surface area contributed by atoms with Crippen LogP contribution in [0.1, 0.15) is 54.4 Å². The Morgan fingerprint density at radius 3 is 2.33 bits per heavy atom. The normalized spacial score (nSPS) is 10.3. The van der Waals surface area contributed by atoms with Gasteiger partial charge in [-0.05, 0) is 63.2 Å². The first kappa shape index (κ1) is 25.7. The standard InChI is InChI=1S/C28H24N4O4/c1-28(2,3)36-27(35)32-23-12-11-20(10-9-19-7-5-4-6-8-19)15-24(23)31-26(34)17-25(33)21-13-14-30-22(16-21)18-29/h4-8,11-16H,17H2,1-3H3,(H,31,34)(H,32,35). The molecule has 2 N–H and O–H groups in total. The van der Waals surface area contributed by atoms with E-state index in [4.69, 9.17) is 10.00 Å². The Bertz CT molecular complexity index is 1390. The minimum atomic E-state index is -0.714. The lowest BCUT2D eigenvalue weighted by atomic mass is 10.1. The molecule has 8 nitrogen and oxygen atoms in total. The summed E-state index contributed by atoms with van der Waals surface area (Å²) in [5.41, 5.74) is 1.51. The molecule has 0 aliphatic heterocycles. The van der Waals surface area contributed by atoms with Crippen LogP contribution in [0.3, 0.4) is 0 Å². The molecule has 0 radical (unpaired) electrons. The molecular weight excluding hydrogens is 456 g/mol. The Balaban J connectivity index is 1.83. The summed E-state index contributed by atoms with van der Waals surface area (Å²) in [4.78, 5) is 41.4. The molecule has 0 atom stereocenters. The quantitative estimate of drug-likeness (QED) is 0.304. The highest BCUT2D eigenvalue weighted by atomic mass is 16.6. The number of rotatable bonds is 5. The van der Waals surface area contributed by atoms with Crippen LogP contribution in [0.2, 0.25) is 0 Å². The number of carbonyl (C=O) groups excluding carboxylic acids is 3. The van der Waals surface area contributed by atoms with Crippen LogP contribution < -0.4 is 10.6 Å². The van der Waals surface area contributed by atoms with Gasteiger partial charge in [0.2, 0.25) is 5.91 Å². The van der Waals surface area contributed by atoms with E-state index in [1.165, 1.54) is 18.3 Å². The third kappa shape index (κ3) is 7.82. The lowest BCUT2D eigenvalue weighted by Crippen LogP contribution is -2.27. The van der Waals surface area contributed by atoms with Gasteiger partial charge < -0.3 is 10.1 Å². The zero-order valence-electron chi connectivity index (χ0n) is 20.1. The second-order valence-corrected chi connectivity index (χ2v) is 8.69. The molecule has 0 fully saturated rings. The van der Waals surface area contributed by atoms with Crippen molar-refractivity contribution in [1.29, 1.82) is 5.26 Å². The molecule has 2 aromatic carbocycles. The number of carbonyl (C=O) groups is 3. The summed E-state index contributed by atoms with van der Waals surface area (Å²) in [6, 6.07) is 18.9. The molecule has 0 saturated carbocycles. The fourth-order valence-corrected chi connectivity index (χ4v) is 3.02. The monoisotopic (exact) mass is 480 g/mol. The van der Waals surface area contributed by atoms with Gasteiger partial charge in [-0.15, -0.1) is 0 Å². The topological polar surface area (TPSA) is 121 Å². The molecule has 0 bridgehead atoms. The highest BCUT2D eigenvalue weighted by molar-refractivity contribution is 6.12. The number of anilines is 2. The van der Waals surface area contributed by atoms with Crippen molar-refractivity contribution in [1.82, 2.24) is 4.98 Å². The first-order valence-corrected chi connectivity index (χ1v) is 11.0. The third-order valence-electron chi connectivity index (χ3n) is 4.57. The van der Waals surface area contributed by atoms with E-state index < -0.39 is 29.8 Å². The van der Waals surface area contributed by atoms with Crippen LogP contribution in [0.5, 0.6) is 0 Å². The molecule has 0 saturated heterocycles. The number of nitrogens with zero attached hydrogens (tertiary/aromatic N) is 2. The molecular formula is C28H24N4O4. The van der Waals surface area contributed by atoms with Crippen LogP contribution in [0.4, 0.5) is 16.2 Å². The van der Waals surface area contributed by atoms with Gasteiger partial charge in [0, 0.05) is 22.9 Å². The number of ether oxygens (including phenoxy) is 1. The van der Waals surface area contributed by atoms with Crippen molar-refractivity contribution in [2.75, 3.05) is 10.6 Å². The summed E-state index contributed by atoms with van der Waals surface area (Å²) in [7, 11) is 0. The fraction of sp³-hybridized carbons (Fsp3) is 0.179. The maximum atomic E-state index is 12.7. The third-order valence-corrected chi connectivity index (χ3v) is 4.57. The molecule has 3 rings (SSSR count). The fourth-order valence-electron chi connectivity index (χ4n) is 3.02. The number of ketones is 1. The van der Waals surface area contributed by atoms with Gasteiger partial charge in [0.05, 0.1) is 17.8 Å². The van der Waals surface area contributed by atoms with E-state index in [9.17, 15) is 14.4 Å². The number of Topliss-reactive ketones (excluding diaryl/α,β-unsaturated/α-hetero) is 1. The summed E-state index contributed by atoms with van der Waals surface area (Å²) < 4.78 is 5.30. The predicted molar refractivity (Wildman–Crippen MR) is 135 cm³/mol. The van der Waals surface area contributed by atoms with Crippen molar-refractivity contribution in [3.63, 3.8) is 0 Å². The summed E-state index contributed by atoms with van der Waals surface area (Å²) in [5, 5.41) is 14.3. The molecule has 0 aliphatic rings. The average molecular weight is 481 g/mol. The number of benzene rings is 2. The van der Waals surface area contributed by atoms with Gasteiger partial charge in [-0.25, -0.2) is 9.78 Å². The van der Waals surface area contributed by atoms with E-state index >= 15 is 0 Å². The van der Waals surface area contributed by atoms with Gasteiger partial charge in [-0.1, -0.05) is 30.0 Å². The van der Waals surface area contributed by atoms with Gasteiger partial charge in [-0.3, -0.25) is 14.9 Å². The van der Waals surface area contributed by atoms with Crippen molar-refractivity contribution in [2.45, 2.75) is 32.8 Å². The Morgan fingerprint density at radius 2 is 1.64 bits per heavy atom. The van der Waals surface area contributed by atoms with Gasteiger partial charge in [0.1, 0.15) is 17.4 Å². The average Bonchev–Trinajstić information content (AvgIpc) is 2.83. The molecule has 3 aromatic rings. The van der Waals surface area contributed by atoms with Crippen molar-refractivity contribution in [3.8, 4) is 17.9 Å². The second-order valence-electron chi connectivity index (χ2n) is 8.69. The molecule has 2 amide bonds. The van der Waals surface area contributed by atoms with E-state index in [0.29, 0.717) is 5.56 Å². The van der Waals surface area contributed by atoms with Crippen molar-refractivity contribution < 1.29 is 19.1 Å².